The molecule has 6 fully saturated rings. The number of benzene rings is 3. The molecular weight excluding hydrogens is 1930 g/mol. The number of alkyl halides is 18. The van der Waals surface area contributed by atoms with Crippen LogP contribution >= 0.6 is 0 Å². The molecule has 2 bridgehead atoms. The van der Waals surface area contributed by atoms with E-state index in [2.05, 4.69) is 40.8 Å². The van der Waals surface area contributed by atoms with Crippen LogP contribution in [0.15, 0.2) is 88.3 Å². The van der Waals surface area contributed by atoms with Crippen LogP contribution in [0.2, 0.25) is 0 Å². The first-order valence-electron chi connectivity index (χ1n) is 38.5. The van der Waals surface area contributed by atoms with Gasteiger partial charge < -0.3 is 23.1 Å². The first-order chi connectivity index (χ1) is 58.3. The molecule has 7 unspecified atom stereocenters. The van der Waals surface area contributed by atoms with E-state index in [4.69, 9.17) is 53.6 Å². The Morgan fingerprint density at radius 3 is 1.19 bits per heavy atom. The highest BCUT2D eigenvalue weighted by molar-refractivity contribution is 7.98. The van der Waals surface area contributed by atoms with Gasteiger partial charge in [-0.05, 0) is 197 Å². The van der Waals surface area contributed by atoms with E-state index >= 15 is 0 Å². The predicted molar refractivity (Wildman–Crippen MR) is 434 cm³/mol. The molecule has 127 heavy (non-hydrogen) atoms. The minimum Gasteiger partial charge on any atom is -0.741 e. The molecule has 7 atom stereocenters. The van der Waals surface area contributed by atoms with Crippen molar-refractivity contribution >= 4 is 128 Å². The number of rotatable bonds is 26. The summed E-state index contributed by atoms with van der Waals surface area (Å²) in [4.78, 5) is 34.9. The molecule has 1 aliphatic heterocycles. The molecule has 726 valence electrons. The molecule has 0 radical (unpaired) electrons. The van der Waals surface area contributed by atoms with Gasteiger partial charge in [0.15, 0.2) is 81.1 Å². The van der Waals surface area contributed by atoms with Gasteiger partial charge in [-0.15, -0.1) is 0 Å². The van der Waals surface area contributed by atoms with E-state index in [0.717, 1.165) is 90.0 Å². The van der Waals surface area contributed by atoms with Crippen LogP contribution in [0.5, 0.6) is 11.5 Å². The SMILES string of the molecule is CCC(=O)C[S+]1CCCC1.CCCS(=O)(=O)O/N=C(/c1ccc(OCCCOc2ccc(/C(=N/OS(=O)(=O)CCC)C(F)(F)F)cc2)cc1)C(F)(F)F.C[S+](C1CCCCC1)C1CCCCC1=O.C[S+](C1CCCCC1=O)C1CC2CCC1C2.Cc1ccc(/C(C#N)=N/OS(=O)(=O)C(F)(F)F)cc1.O=S(=O)([O-])C(F)(F)F.O=S(=O)([O-])C(F)(F)F.O=S(=O)([O-])C(F)(F)F. The lowest BCUT2D eigenvalue weighted by Crippen LogP contribution is -2.41. The molecule has 1 saturated heterocycles. The topological polar surface area (TPSA) is 432 Å². The number of aryl methyl sites for hydroxylation is 1. The highest BCUT2D eigenvalue weighted by Gasteiger charge is 2.52. The summed E-state index contributed by atoms with van der Waals surface area (Å²) in [5.74, 6) is 6.58. The van der Waals surface area contributed by atoms with Crippen molar-refractivity contribution < 1.29 is 180 Å². The van der Waals surface area contributed by atoms with Crippen molar-refractivity contribution in [3.8, 4) is 17.6 Å². The van der Waals surface area contributed by atoms with Crippen molar-refractivity contribution in [1.82, 2.24) is 0 Å². The number of ketones is 3. The Bertz CT molecular complexity index is 4610. The number of ether oxygens (including phenoxy) is 2. The van der Waals surface area contributed by atoms with Crippen molar-refractivity contribution in [3.63, 3.8) is 0 Å². The number of oxime groups is 3. The van der Waals surface area contributed by atoms with Gasteiger partial charge in [0, 0.05) is 61.1 Å². The maximum absolute atomic E-state index is 13.4. The largest absolute Gasteiger partial charge is 0.741 e. The summed E-state index contributed by atoms with van der Waals surface area (Å²) < 4.78 is 383. The van der Waals surface area contributed by atoms with E-state index in [9.17, 15) is 119 Å². The normalized spacial score (nSPS) is 20.1. The monoisotopic (exact) mass is 2030 g/mol. The fourth-order valence-electron chi connectivity index (χ4n) is 12.5. The van der Waals surface area contributed by atoms with Gasteiger partial charge in [0.1, 0.15) is 39.6 Å². The number of Topliss-reactive ketones (excluding diaryl/α,β-unsaturated/α-hetero) is 3. The summed E-state index contributed by atoms with van der Waals surface area (Å²) in [6.45, 7) is 6.86. The lowest BCUT2D eigenvalue weighted by atomic mass is 9.99. The zero-order valence-electron chi connectivity index (χ0n) is 68.8. The van der Waals surface area contributed by atoms with Crippen LogP contribution in [-0.4, -0.2) is 209 Å². The third-order valence-electron chi connectivity index (χ3n) is 18.8. The van der Waals surface area contributed by atoms with E-state index in [-0.39, 0.29) is 49.5 Å². The average molecular weight is 2030 g/mol. The Morgan fingerprint density at radius 2 is 0.866 bits per heavy atom. The molecular formula is C73H96F18N4O23S9. The van der Waals surface area contributed by atoms with E-state index in [1.165, 1.54) is 164 Å². The van der Waals surface area contributed by atoms with Gasteiger partial charge >= 0.3 is 64.7 Å². The van der Waals surface area contributed by atoms with Gasteiger partial charge in [0.05, 0.1) is 37.2 Å². The van der Waals surface area contributed by atoms with Gasteiger partial charge in [0.25, 0.3) is 0 Å². The van der Waals surface area contributed by atoms with Crippen molar-refractivity contribution in [2.45, 2.75) is 231 Å². The first-order valence-corrected chi connectivity index (χ1v) is 52.5. The number of fused-ring (bicyclic) bond motifs is 2. The van der Waals surface area contributed by atoms with E-state index in [0.29, 0.717) is 60.5 Å². The summed E-state index contributed by atoms with van der Waals surface area (Å²) in [6.07, 6.45) is 20.7. The maximum atomic E-state index is 13.4. The van der Waals surface area contributed by atoms with Crippen molar-refractivity contribution in [2.75, 3.05) is 54.5 Å². The Kier molecular flexibility index (Phi) is 47.8. The van der Waals surface area contributed by atoms with Crippen molar-refractivity contribution in [2.24, 2.45) is 27.3 Å². The summed E-state index contributed by atoms with van der Waals surface area (Å²) in [5.41, 5.74) is -26.1. The second kappa shape index (κ2) is 52.1. The molecule has 0 spiro atoms. The average Bonchev–Trinajstić information content (AvgIpc) is 1.63. The molecule has 0 N–H and O–H groups in total. The van der Waals surface area contributed by atoms with E-state index in [1.807, 2.05) is 6.92 Å². The molecule has 6 aliphatic rings. The van der Waals surface area contributed by atoms with Crippen LogP contribution in [0.1, 0.15) is 191 Å². The van der Waals surface area contributed by atoms with Gasteiger partial charge in [-0.3, -0.25) is 27.2 Å². The Morgan fingerprint density at radius 1 is 0.488 bits per heavy atom. The van der Waals surface area contributed by atoms with E-state index in [1.54, 1.807) is 19.1 Å². The fourth-order valence-corrected chi connectivity index (χ4v) is 22.2. The predicted octanol–water partition coefficient (Wildman–Crippen LogP) is 15.2. The van der Waals surface area contributed by atoms with Crippen LogP contribution in [0.3, 0.4) is 0 Å². The number of hydrogen-bond acceptors (Lipinski definition) is 27. The van der Waals surface area contributed by atoms with E-state index < -0.39 is 135 Å². The number of nitrogens with zero attached hydrogens (tertiary/aromatic N) is 4. The van der Waals surface area contributed by atoms with Crippen molar-refractivity contribution in [3.05, 3.63) is 95.1 Å². The lowest BCUT2D eigenvalue weighted by Gasteiger charge is -2.27. The first kappa shape index (κ1) is 117. The summed E-state index contributed by atoms with van der Waals surface area (Å²) in [6, 6.07) is 16.4. The molecule has 5 saturated carbocycles. The molecule has 9 rings (SSSR count). The summed E-state index contributed by atoms with van der Waals surface area (Å²) >= 11 is 0. The summed E-state index contributed by atoms with van der Waals surface area (Å²) in [7, 11) is -31.4. The van der Waals surface area contributed by atoms with Crippen LogP contribution < -0.4 is 9.47 Å². The third-order valence-corrected chi connectivity index (χ3v) is 32.1. The second-order valence-corrected chi connectivity index (χ2v) is 44.7. The smallest absolute Gasteiger partial charge is 0.536 e. The highest BCUT2D eigenvalue weighted by atomic mass is 32.2. The van der Waals surface area contributed by atoms with Gasteiger partial charge in [-0.2, -0.15) is 110 Å². The standard InChI is InChI=1S/C25H28F6N2O8S2.C14H23OS.C13H23OS.C10H7F3N2O3S.C8H15OS.3CHF3O3S/c1-3-16-42(34,35)40-32-22(24(26,27)28)18-6-10-20(11-7-18)38-14-5-15-39-21-12-8-19(9-13-21)23(25(29,30)31)33-41-43(36,37)17-4-2;1-16(13-5-3-2-4-12(13)15)14-9-10-6-7-11(14)8-10;1-15(11-7-3-2-4-8-11)13-10-6-5-9-12(13)14;1-7-2-4-8(5-3-7)9(6-14)15-18-19(16,17)10(11,12)13;1-2-8(9)7-10-5-3-4-6-10;3*2-1(3,4)8(5,6)7/h6-13H,3-5,14-17H2,1-2H3;10-11,13-14H,2-9H2,1H3;11,13H,2-10H2,1H3;2-5H,1H3;2-7H2,1H3;3*(H,5,6,7)/q;2*+1;;+1;;;/p-3/b32-22-,33-23-;;;15-9+;;;;. The second-order valence-electron chi connectivity index (χ2n) is 28.6. The Labute approximate surface area is 733 Å². The summed E-state index contributed by atoms with van der Waals surface area (Å²) in [5, 5.41) is 19.8. The third kappa shape index (κ3) is 43.2. The molecule has 1 heterocycles. The quantitative estimate of drug-likeness (QED) is 0.0137. The van der Waals surface area contributed by atoms with Crippen LogP contribution in [0, 0.1) is 30.1 Å². The zero-order valence-corrected chi connectivity index (χ0v) is 76.1. The highest BCUT2D eigenvalue weighted by Crippen LogP contribution is 2.49. The van der Waals surface area contributed by atoms with Crippen LogP contribution in [-0.2, 0) is 121 Å². The van der Waals surface area contributed by atoms with Gasteiger partial charge in [-0.25, -0.2) is 25.3 Å². The molecule has 3 aromatic rings. The minimum absolute atomic E-state index is 0.0600. The maximum Gasteiger partial charge on any atom is 0.536 e. The molecule has 3 aromatic carbocycles. The van der Waals surface area contributed by atoms with Crippen LogP contribution in [0.25, 0.3) is 0 Å². The Hall–Kier alpha value is -6.46. The lowest BCUT2D eigenvalue weighted by molar-refractivity contribution is -0.120. The van der Waals surface area contributed by atoms with Gasteiger partial charge in [-0.1, -0.05) is 72.5 Å². The number of carbonyl (C=O) groups excluding carboxylic acids is 3. The zero-order chi connectivity index (χ0) is 97.2. The molecule has 0 aromatic heterocycles. The molecule has 5 aliphatic carbocycles. The number of nitriles is 1. The van der Waals surface area contributed by atoms with Gasteiger partial charge in [0.2, 0.25) is 0 Å². The molecule has 0 amide bonds. The van der Waals surface area contributed by atoms with Crippen molar-refractivity contribution in [1.29, 1.82) is 5.26 Å². The number of carbonyl (C=O) groups is 3. The number of halogens is 18. The minimum atomic E-state index is -6.09. The fraction of sp³-hybridized carbons (Fsp3) is 0.658. The Balaban J connectivity index is 0.000000540. The number of hydrogen-bond donors (Lipinski definition) is 0. The van der Waals surface area contributed by atoms with Crippen LogP contribution in [0.4, 0.5) is 79.0 Å². The molecule has 54 heteroatoms. The molecule has 27 nitrogen and oxygen atoms in total.